The maximum absolute atomic E-state index is 14.5. The van der Waals surface area contributed by atoms with E-state index in [2.05, 4.69) is 18.9 Å². The van der Waals surface area contributed by atoms with E-state index in [1.54, 1.807) is 24.3 Å². The molecular weight excluding hydrogens is 383 g/mol. The normalized spacial score (nSPS) is 15.7. The Bertz CT molecular complexity index is 765. The average molecular weight is 408 g/mol. The van der Waals surface area contributed by atoms with Crippen LogP contribution in [0.4, 0.5) is 14.9 Å². The summed E-state index contributed by atoms with van der Waals surface area (Å²) in [6.45, 7) is 1.98. The predicted octanol–water partition coefficient (Wildman–Crippen LogP) is 3.94. The van der Waals surface area contributed by atoms with Crippen LogP contribution in [0.1, 0.15) is 24.2 Å². The number of oxazole rings is 1. The molecule has 7 nitrogen and oxygen atoms in total. The molecule has 1 N–H and O–H groups in total. The number of amides is 1. The zero-order valence-electron chi connectivity index (χ0n) is 16.1. The van der Waals surface area contributed by atoms with Gasteiger partial charge in [0.1, 0.15) is 5.82 Å². The van der Waals surface area contributed by atoms with Crippen LogP contribution in [-0.2, 0) is 17.8 Å². The van der Waals surface area contributed by atoms with E-state index in [0.29, 0.717) is 29.3 Å². The summed E-state index contributed by atoms with van der Waals surface area (Å²) in [7, 11) is 4.07. The van der Waals surface area contributed by atoms with Crippen LogP contribution in [0.25, 0.3) is 0 Å². The first kappa shape index (κ1) is 20.6. The fourth-order valence-electron chi connectivity index (χ4n) is 3.13. The Labute approximate surface area is 168 Å². The predicted molar refractivity (Wildman–Crippen MR) is 106 cm³/mol. The number of benzene rings is 1. The summed E-state index contributed by atoms with van der Waals surface area (Å²) >= 11 is 1.73. The Hall–Kier alpha value is -2.10. The number of piperidine rings is 1. The maximum atomic E-state index is 14.5. The zero-order chi connectivity index (χ0) is 19.9. The number of carbonyl (C=O) groups excluding carboxylic acids is 1. The summed E-state index contributed by atoms with van der Waals surface area (Å²) in [5.74, 6) is 0.601. The second kappa shape index (κ2) is 9.90. The molecule has 1 aromatic heterocycles. The smallest absolute Gasteiger partial charge is 0.412 e. The highest BCUT2D eigenvalue weighted by molar-refractivity contribution is 7.94. The molecule has 0 bridgehead atoms. The van der Waals surface area contributed by atoms with Crippen molar-refractivity contribution < 1.29 is 18.3 Å². The lowest BCUT2D eigenvalue weighted by Crippen LogP contribution is -2.31. The SMILES string of the molecule is CN(C)SN1CCC(Cc2ccc(NC(=O)OCc3cnco3)cc2F)CC1. The van der Waals surface area contributed by atoms with Crippen molar-refractivity contribution >= 4 is 23.9 Å². The molecule has 3 rings (SSSR count). The lowest BCUT2D eigenvalue weighted by molar-refractivity contribution is 0.146. The fourth-order valence-corrected chi connectivity index (χ4v) is 3.97. The van der Waals surface area contributed by atoms with Crippen LogP contribution in [0.15, 0.2) is 35.2 Å². The minimum Gasteiger partial charge on any atom is -0.445 e. The number of aromatic nitrogens is 1. The second-order valence-electron chi connectivity index (χ2n) is 6.95. The van der Waals surface area contributed by atoms with Gasteiger partial charge in [0.05, 0.1) is 6.20 Å². The van der Waals surface area contributed by atoms with Gasteiger partial charge in [-0.2, -0.15) is 0 Å². The number of halogens is 1. The van der Waals surface area contributed by atoms with Gasteiger partial charge in [0.2, 0.25) is 0 Å². The first-order valence-corrected chi connectivity index (χ1v) is 9.92. The monoisotopic (exact) mass is 408 g/mol. The number of ether oxygens (including phenoxy) is 1. The van der Waals surface area contributed by atoms with Gasteiger partial charge >= 0.3 is 6.09 Å². The van der Waals surface area contributed by atoms with Gasteiger partial charge in [-0.05, 0) is 57.0 Å². The maximum Gasteiger partial charge on any atom is 0.412 e. The molecule has 1 saturated heterocycles. The van der Waals surface area contributed by atoms with Crippen LogP contribution in [-0.4, -0.2) is 46.9 Å². The first-order chi connectivity index (χ1) is 13.5. The van der Waals surface area contributed by atoms with E-state index in [4.69, 9.17) is 9.15 Å². The molecule has 0 aliphatic carbocycles. The van der Waals surface area contributed by atoms with Crippen molar-refractivity contribution in [2.75, 3.05) is 32.5 Å². The highest BCUT2D eigenvalue weighted by atomic mass is 32.2. The third-order valence-corrected chi connectivity index (χ3v) is 5.41. The van der Waals surface area contributed by atoms with Gasteiger partial charge in [0.25, 0.3) is 0 Å². The third kappa shape index (κ3) is 6.22. The molecule has 1 amide bonds. The highest BCUT2D eigenvalue weighted by Gasteiger charge is 2.21. The Balaban J connectivity index is 1.46. The number of nitrogens with one attached hydrogen (secondary N) is 1. The van der Waals surface area contributed by atoms with Gasteiger partial charge in [-0.1, -0.05) is 6.07 Å². The van der Waals surface area contributed by atoms with Crippen molar-refractivity contribution in [3.63, 3.8) is 0 Å². The molecule has 0 spiro atoms. The molecule has 2 aromatic rings. The summed E-state index contributed by atoms with van der Waals surface area (Å²) < 4.78 is 28.9. The van der Waals surface area contributed by atoms with Crippen molar-refractivity contribution in [3.8, 4) is 0 Å². The van der Waals surface area contributed by atoms with Gasteiger partial charge in [-0.3, -0.25) is 5.32 Å². The number of anilines is 1. The molecular formula is C19H25FN4O3S. The molecule has 1 aromatic carbocycles. The van der Waals surface area contributed by atoms with Crippen molar-refractivity contribution in [2.45, 2.75) is 25.9 Å². The molecule has 0 saturated carbocycles. The molecule has 1 fully saturated rings. The van der Waals surface area contributed by atoms with Gasteiger partial charge < -0.3 is 9.15 Å². The van der Waals surface area contributed by atoms with E-state index < -0.39 is 6.09 Å². The molecule has 0 radical (unpaired) electrons. The summed E-state index contributed by atoms with van der Waals surface area (Å²) in [6, 6.07) is 4.77. The Morgan fingerprint density at radius 1 is 1.43 bits per heavy atom. The van der Waals surface area contributed by atoms with E-state index in [1.807, 2.05) is 14.1 Å². The molecule has 2 heterocycles. The quantitative estimate of drug-likeness (QED) is 0.696. The van der Waals surface area contributed by atoms with Crippen molar-refractivity contribution in [1.29, 1.82) is 0 Å². The van der Waals surface area contributed by atoms with Crippen LogP contribution in [0.2, 0.25) is 0 Å². The Morgan fingerprint density at radius 3 is 2.86 bits per heavy atom. The van der Waals surface area contributed by atoms with Gasteiger partial charge in [0.15, 0.2) is 18.8 Å². The Kier molecular flexibility index (Phi) is 7.30. The summed E-state index contributed by atoms with van der Waals surface area (Å²) in [5.41, 5.74) is 1.04. The minimum atomic E-state index is -0.672. The average Bonchev–Trinajstić information content (AvgIpc) is 3.17. The molecule has 0 unspecified atom stereocenters. The minimum absolute atomic E-state index is 0.0306. The topological polar surface area (TPSA) is 70.8 Å². The first-order valence-electron chi connectivity index (χ1n) is 9.19. The van der Waals surface area contributed by atoms with Crippen LogP contribution < -0.4 is 5.32 Å². The second-order valence-corrected chi connectivity index (χ2v) is 8.36. The van der Waals surface area contributed by atoms with Gasteiger partial charge in [-0.25, -0.2) is 22.8 Å². The van der Waals surface area contributed by atoms with E-state index in [0.717, 1.165) is 25.9 Å². The van der Waals surface area contributed by atoms with Gasteiger partial charge in [-0.15, -0.1) is 0 Å². The van der Waals surface area contributed by atoms with E-state index in [9.17, 15) is 9.18 Å². The molecule has 152 valence electrons. The Morgan fingerprint density at radius 2 is 2.21 bits per heavy atom. The van der Waals surface area contributed by atoms with Crippen LogP contribution in [0.3, 0.4) is 0 Å². The summed E-state index contributed by atoms with van der Waals surface area (Å²) in [4.78, 5) is 15.5. The van der Waals surface area contributed by atoms with E-state index in [-0.39, 0.29) is 12.4 Å². The molecule has 1 aliphatic heterocycles. The largest absolute Gasteiger partial charge is 0.445 e. The number of nitrogens with zero attached hydrogens (tertiary/aromatic N) is 3. The summed E-state index contributed by atoms with van der Waals surface area (Å²) in [6.07, 6.45) is 4.86. The van der Waals surface area contributed by atoms with Crippen LogP contribution >= 0.6 is 12.1 Å². The molecule has 0 atom stereocenters. The number of rotatable bonds is 7. The van der Waals surface area contributed by atoms with Crippen molar-refractivity contribution in [1.82, 2.24) is 13.6 Å². The fraction of sp³-hybridized carbons (Fsp3) is 0.474. The van der Waals surface area contributed by atoms with Gasteiger partial charge in [0, 0.05) is 30.9 Å². The molecule has 1 aliphatic rings. The molecule has 9 heteroatoms. The number of hydrogen-bond acceptors (Lipinski definition) is 7. The summed E-state index contributed by atoms with van der Waals surface area (Å²) in [5, 5.41) is 2.52. The van der Waals surface area contributed by atoms with Crippen molar-refractivity contribution in [3.05, 3.63) is 47.9 Å². The van der Waals surface area contributed by atoms with Crippen LogP contribution in [0, 0.1) is 11.7 Å². The standard InChI is InChI=1S/C19H25FN4O3S/c1-23(2)28-24-7-5-14(6-8-24)9-15-3-4-16(10-18(15)20)22-19(25)26-12-17-11-21-13-27-17/h3-4,10-11,13-14H,5-9,12H2,1-2H3,(H,22,25). The van der Waals surface area contributed by atoms with Crippen molar-refractivity contribution in [2.24, 2.45) is 5.92 Å². The lowest BCUT2D eigenvalue weighted by atomic mass is 9.91. The lowest BCUT2D eigenvalue weighted by Gasteiger charge is -2.32. The zero-order valence-corrected chi connectivity index (χ0v) is 16.9. The number of carbonyl (C=O) groups is 1. The third-order valence-electron chi connectivity index (χ3n) is 4.49. The van der Waals surface area contributed by atoms with E-state index in [1.165, 1.54) is 18.7 Å². The van der Waals surface area contributed by atoms with Crippen LogP contribution in [0.5, 0.6) is 0 Å². The molecule has 28 heavy (non-hydrogen) atoms. The van der Waals surface area contributed by atoms with E-state index >= 15 is 0 Å². The highest BCUT2D eigenvalue weighted by Crippen LogP contribution is 2.27. The number of hydrogen-bond donors (Lipinski definition) is 1.